The number of carbonyl (C=O) groups is 1. The average molecular weight is 236 g/mol. The minimum Gasteiger partial charge on any atom is -0.294 e. The first kappa shape index (κ1) is 13.9. The Morgan fingerprint density at radius 2 is 2.06 bits per heavy atom. The third-order valence-corrected chi connectivity index (χ3v) is 2.82. The van der Waals surface area contributed by atoms with Gasteiger partial charge in [-0.2, -0.15) is 0 Å². The highest BCUT2D eigenvalue weighted by molar-refractivity contribution is 5.96. The van der Waals surface area contributed by atoms with Crippen LogP contribution in [0.2, 0.25) is 0 Å². The van der Waals surface area contributed by atoms with Crippen LogP contribution in [0.25, 0.3) is 0 Å². The van der Waals surface area contributed by atoms with Gasteiger partial charge in [0.25, 0.3) is 0 Å². The lowest BCUT2D eigenvalue weighted by Crippen LogP contribution is -2.03. The summed E-state index contributed by atoms with van der Waals surface area (Å²) in [5, 5.41) is 0. The van der Waals surface area contributed by atoms with E-state index in [4.69, 9.17) is 0 Å². The molecule has 0 aromatic heterocycles. The standard InChI is InChI=1S/C15H21FO/c1-4-5-15(17)13-10-12(7-6-11(2)3)8-9-14(13)16/h8-11H,4-7H2,1-3H3. The molecule has 1 aromatic rings. The molecule has 0 radical (unpaired) electrons. The van der Waals surface area contributed by atoms with Crippen molar-refractivity contribution in [1.29, 1.82) is 0 Å². The smallest absolute Gasteiger partial charge is 0.165 e. The molecular formula is C15H21FO. The average Bonchev–Trinajstić information content (AvgIpc) is 2.28. The first-order valence-corrected chi connectivity index (χ1v) is 6.36. The Kier molecular flexibility index (Phi) is 5.33. The molecule has 0 amide bonds. The van der Waals surface area contributed by atoms with Crippen molar-refractivity contribution in [3.05, 3.63) is 35.1 Å². The van der Waals surface area contributed by atoms with Crippen molar-refractivity contribution >= 4 is 5.78 Å². The van der Waals surface area contributed by atoms with E-state index in [9.17, 15) is 9.18 Å². The fourth-order valence-electron chi connectivity index (χ4n) is 1.76. The van der Waals surface area contributed by atoms with Crippen molar-refractivity contribution < 1.29 is 9.18 Å². The van der Waals surface area contributed by atoms with Gasteiger partial charge in [-0.15, -0.1) is 0 Å². The molecule has 0 atom stereocenters. The van der Waals surface area contributed by atoms with Crippen LogP contribution in [0.1, 0.15) is 56.0 Å². The zero-order valence-electron chi connectivity index (χ0n) is 10.9. The molecule has 0 aliphatic heterocycles. The normalized spacial score (nSPS) is 10.9. The molecule has 0 saturated carbocycles. The molecule has 1 aromatic carbocycles. The summed E-state index contributed by atoms with van der Waals surface area (Å²) >= 11 is 0. The van der Waals surface area contributed by atoms with Crippen molar-refractivity contribution in [1.82, 2.24) is 0 Å². The molecule has 0 saturated heterocycles. The molecule has 0 heterocycles. The fraction of sp³-hybridized carbons (Fsp3) is 0.533. The Balaban J connectivity index is 2.82. The minimum absolute atomic E-state index is 0.0867. The molecule has 2 heteroatoms. The number of halogens is 1. The van der Waals surface area contributed by atoms with Crippen LogP contribution < -0.4 is 0 Å². The second kappa shape index (κ2) is 6.53. The maximum absolute atomic E-state index is 13.5. The zero-order chi connectivity index (χ0) is 12.8. The molecule has 0 aliphatic rings. The molecule has 1 rings (SSSR count). The van der Waals surface area contributed by atoms with E-state index in [2.05, 4.69) is 13.8 Å². The van der Waals surface area contributed by atoms with Crippen LogP contribution in [0.15, 0.2) is 18.2 Å². The molecule has 1 nitrogen and oxygen atoms in total. The Hall–Kier alpha value is -1.18. The van der Waals surface area contributed by atoms with Crippen molar-refractivity contribution in [3.63, 3.8) is 0 Å². The molecule has 94 valence electrons. The summed E-state index contributed by atoms with van der Waals surface area (Å²) in [6.45, 7) is 6.25. The van der Waals surface area contributed by atoms with Crippen LogP contribution >= 0.6 is 0 Å². The van der Waals surface area contributed by atoms with Crippen LogP contribution in [0.5, 0.6) is 0 Å². The number of carbonyl (C=O) groups excluding carboxylic acids is 1. The van der Waals surface area contributed by atoms with E-state index in [1.54, 1.807) is 12.1 Å². The lowest BCUT2D eigenvalue weighted by Gasteiger charge is -2.07. The first-order chi connectivity index (χ1) is 8.04. The van der Waals surface area contributed by atoms with E-state index in [1.165, 1.54) is 6.07 Å². The molecule has 0 spiro atoms. The van der Waals surface area contributed by atoms with Gasteiger partial charge in [0.15, 0.2) is 5.78 Å². The van der Waals surface area contributed by atoms with Crippen LogP contribution in [0.3, 0.4) is 0 Å². The van der Waals surface area contributed by atoms with Crippen molar-refractivity contribution in [2.75, 3.05) is 0 Å². The van der Waals surface area contributed by atoms with E-state index in [0.29, 0.717) is 12.3 Å². The zero-order valence-corrected chi connectivity index (χ0v) is 10.9. The van der Waals surface area contributed by atoms with Gasteiger partial charge >= 0.3 is 0 Å². The monoisotopic (exact) mass is 236 g/mol. The van der Waals surface area contributed by atoms with E-state index in [1.807, 2.05) is 6.92 Å². The second-order valence-electron chi connectivity index (χ2n) is 4.92. The number of benzene rings is 1. The second-order valence-corrected chi connectivity index (χ2v) is 4.92. The summed E-state index contributed by atoms with van der Waals surface area (Å²) in [6, 6.07) is 4.91. The summed E-state index contributed by atoms with van der Waals surface area (Å²) in [7, 11) is 0. The predicted molar refractivity (Wildman–Crippen MR) is 68.8 cm³/mol. The fourth-order valence-corrected chi connectivity index (χ4v) is 1.76. The van der Waals surface area contributed by atoms with Gasteiger partial charge in [0.1, 0.15) is 5.82 Å². The number of hydrogen-bond acceptors (Lipinski definition) is 1. The quantitative estimate of drug-likeness (QED) is 0.669. The van der Waals surface area contributed by atoms with Crippen LogP contribution in [-0.4, -0.2) is 5.78 Å². The van der Waals surface area contributed by atoms with E-state index < -0.39 is 5.82 Å². The van der Waals surface area contributed by atoms with Gasteiger partial charge in [0.05, 0.1) is 5.56 Å². The molecular weight excluding hydrogens is 215 g/mol. The van der Waals surface area contributed by atoms with E-state index >= 15 is 0 Å². The number of rotatable bonds is 6. The Bertz CT molecular complexity index is 383. The molecule has 0 aliphatic carbocycles. The van der Waals surface area contributed by atoms with Gasteiger partial charge in [0, 0.05) is 6.42 Å². The highest BCUT2D eigenvalue weighted by Gasteiger charge is 2.11. The highest BCUT2D eigenvalue weighted by Crippen LogP contribution is 2.16. The summed E-state index contributed by atoms with van der Waals surface area (Å²) in [4.78, 5) is 11.7. The summed E-state index contributed by atoms with van der Waals surface area (Å²) in [6.07, 6.45) is 3.15. The Morgan fingerprint density at radius 3 is 2.65 bits per heavy atom. The predicted octanol–water partition coefficient (Wildman–Crippen LogP) is 4.40. The maximum atomic E-state index is 13.5. The third kappa shape index (κ3) is 4.29. The highest BCUT2D eigenvalue weighted by atomic mass is 19.1. The van der Waals surface area contributed by atoms with Gasteiger partial charge in [-0.1, -0.05) is 26.8 Å². The largest absolute Gasteiger partial charge is 0.294 e. The molecule has 0 unspecified atom stereocenters. The van der Waals surface area contributed by atoms with Crippen molar-refractivity contribution in [2.24, 2.45) is 5.92 Å². The molecule has 0 N–H and O–H groups in total. The van der Waals surface area contributed by atoms with Gasteiger partial charge in [0.2, 0.25) is 0 Å². The number of aryl methyl sites for hydroxylation is 1. The summed E-state index contributed by atoms with van der Waals surface area (Å²) in [5.74, 6) is 0.142. The van der Waals surface area contributed by atoms with Crippen LogP contribution in [0, 0.1) is 11.7 Å². The Morgan fingerprint density at radius 1 is 1.35 bits per heavy atom. The maximum Gasteiger partial charge on any atom is 0.165 e. The molecule has 0 fully saturated rings. The van der Waals surface area contributed by atoms with Crippen molar-refractivity contribution in [3.8, 4) is 0 Å². The van der Waals surface area contributed by atoms with Gasteiger partial charge in [-0.25, -0.2) is 4.39 Å². The topological polar surface area (TPSA) is 17.1 Å². The van der Waals surface area contributed by atoms with Crippen molar-refractivity contribution in [2.45, 2.75) is 46.5 Å². The molecule has 17 heavy (non-hydrogen) atoms. The number of Topliss-reactive ketones (excluding diaryl/α,β-unsaturated/α-hetero) is 1. The SMILES string of the molecule is CCCC(=O)c1cc(CCC(C)C)ccc1F. The minimum atomic E-state index is -0.392. The van der Waals surface area contributed by atoms with E-state index in [0.717, 1.165) is 24.8 Å². The van der Waals surface area contributed by atoms with Gasteiger partial charge in [-0.3, -0.25) is 4.79 Å². The number of ketones is 1. The van der Waals surface area contributed by atoms with E-state index in [-0.39, 0.29) is 11.3 Å². The Labute approximate surface area is 103 Å². The summed E-state index contributed by atoms with van der Waals surface area (Å²) in [5.41, 5.74) is 1.31. The van der Waals surface area contributed by atoms with Crippen LogP contribution in [0.4, 0.5) is 4.39 Å². The molecule has 0 bridgehead atoms. The lowest BCUT2D eigenvalue weighted by atomic mass is 9.98. The van der Waals surface area contributed by atoms with Crippen LogP contribution in [-0.2, 0) is 6.42 Å². The lowest BCUT2D eigenvalue weighted by molar-refractivity contribution is 0.0977. The van der Waals surface area contributed by atoms with Gasteiger partial charge in [-0.05, 0) is 42.9 Å². The first-order valence-electron chi connectivity index (χ1n) is 6.36. The van der Waals surface area contributed by atoms with Gasteiger partial charge < -0.3 is 0 Å². The third-order valence-electron chi connectivity index (χ3n) is 2.82. The number of hydrogen-bond donors (Lipinski definition) is 0. The summed E-state index contributed by atoms with van der Waals surface area (Å²) < 4.78 is 13.5.